The molecule has 1 aromatic rings. The van der Waals surface area contributed by atoms with E-state index in [0.717, 1.165) is 30.9 Å². The fraction of sp³-hybridized carbons (Fsp3) is 0.571. The largest absolute Gasteiger partial charge is 0.497 e. The molecule has 0 aliphatic carbocycles. The monoisotopic (exact) mass is 252 g/mol. The van der Waals surface area contributed by atoms with Gasteiger partial charge in [0.25, 0.3) is 0 Å². The lowest BCUT2D eigenvalue weighted by Crippen LogP contribution is -2.24. The van der Waals surface area contributed by atoms with Gasteiger partial charge >= 0.3 is 0 Å². The number of ether oxygens (including phenoxy) is 4. The van der Waals surface area contributed by atoms with E-state index in [0.29, 0.717) is 13.2 Å². The zero-order chi connectivity index (χ0) is 12.6. The fourth-order valence-electron chi connectivity index (χ4n) is 1.87. The van der Waals surface area contributed by atoms with Gasteiger partial charge in [0, 0.05) is 12.7 Å². The Kier molecular flexibility index (Phi) is 5.30. The van der Waals surface area contributed by atoms with Crippen molar-refractivity contribution in [2.45, 2.75) is 25.6 Å². The van der Waals surface area contributed by atoms with Crippen LogP contribution < -0.4 is 9.47 Å². The van der Waals surface area contributed by atoms with Crippen LogP contribution in [0.25, 0.3) is 0 Å². The highest BCUT2D eigenvalue weighted by Crippen LogP contribution is 2.19. The lowest BCUT2D eigenvalue weighted by molar-refractivity contribution is -0.165. The first-order chi connectivity index (χ1) is 8.88. The van der Waals surface area contributed by atoms with Crippen molar-refractivity contribution in [1.82, 2.24) is 0 Å². The Morgan fingerprint density at radius 2 is 2.11 bits per heavy atom. The van der Waals surface area contributed by atoms with E-state index in [4.69, 9.17) is 18.9 Å². The van der Waals surface area contributed by atoms with Gasteiger partial charge in [0.2, 0.25) is 0 Å². The van der Waals surface area contributed by atoms with Crippen molar-refractivity contribution >= 4 is 0 Å². The summed E-state index contributed by atoms with van der Waals surface area (Å²) in [4.78, 5) is 0. The third-order valence-corrected chi connectivity index (χ3v) is 2.83. The first-order valence-electron chi connectivity index (χ1n) is 6.38. The fourth-order valence-corrected chi connectivity index (χ4v) is 1.87. The summed E-state index contributed by atoms with van der Waals surface area (Å²) in [7, 11) is 1.64. The van der Waals surface area contributed by atoms with Crippen LogP contribution in [0.1, 0.15) is 19.3 Å². The predicted molar refractivity (Wildman–Crippen MR) is 68.0 cm³/mol. The smallest absolute Gasteiger partial charge is 0.157 e. The van der Waals surface area contributed by atoms with E-state index >= 15 is 0 Å². The molecule has 1 fully saturated rings. The Morgan fingerprint density at radius 3 is 2.89 bits per heavy atom. The topological polar surface area (TPSA) is 36.9 Å². The summed E-state index contributed by atoms with van der Waals surface area (Å²) in [5.74, 6) is 1.59. The third-order valence-electron chi connectivity index (χ3n) is 2.83. The summed E-state index contributed by atoms with van der Waals surface area (Å²) in [6.45, 7) is 1.87. The van der Waals surface area contributed by atoms with Crippen molar-refractivity contribution in [1.29, 1.82) is 0 Å². The van der Waals surface area contributed by atoms with Crippen LogP contribution in [0.15, 0.2) is 24.3 Å². The highest BCUT2D eigenvalue weighted by molar-refractivity contribution is 5.32. The van der Waals surface area contributed by atoms with E-state index in [2.05, 4.69) is 0 Å². The van der Waals surface area contributed by atoms with Gasteiger partial charge < -0.3 is 18.9 Å². The molecule has 0 aromatic heterocycles. The van der Waals surface area contributed by atoms with Gasteiger partial charge in [0.15, 0.2) is 6.29 Å². The van der Waals surface area contributed by atoms with Crippen molar-refractivity contribution in [3.8, 4) is 11.5 Å². The zero-order valence-electron chi connectivity index (χ0n) is 10.8. The Hall–Kier alpha value is -1.26. The molecule has 4 heteroatoms. The molecule has 1 aliphatic rings. The van der Waals surface area contributed by atoms with Crippen molar-refractivity contribution < 1.29 is 18.9 Å². The van der Waals surface area contributed by atoms with Crippen LogP contribution in [0, 0.1) is 0 Å². The quantitative estimate of drug-likeness (QED) is 0.729. The van der Waals surface area contributed by atoms with Gasteiger partial charge in [0.05, 0.1) is 13.7 Å². The molecule has 100 valence electrons. The Balaban J connectivity index is 1.65. The van der Waals surface area contributed by atoms with Crippen molar-refractivity contribution in [3.05, 3.63) is 24.3 Å². The van der Waals surface area contributed by atoms with Gasteiger partial charge in [-0.25, -0.2) is 0 Å². The molecular formula is C14H20O4. The summed E-state index contributed by atoms with van der Waals surface area (Å²) in [5.41, 5.74) is 0. The molecule has 2 rings (SSSR count). The maximum absolute atomic E-state index is 5.58. The van der Waals surface area contributed by atoms with Crippen LogP contribution >= 0.6 is 0 Å². The van der Waals surface area contributed by atoms with Crippen LogP contribution in [-0.2, 0) is 9.47 Å². The second kappa shape index (κ2) is 7.24. The number of methoxy groups -OCH3 is 1. The molecule has 0 unspecified atom stereocenters. The van der Waals surface area contributed by atoms with Crippen LogP contribution in [0.3, 0.4) is 0 Å². The standard InChI is InChI=1S/C14H20O4/c1-15-12-5-4-6-13(11-12)16-9-10-18-14-7-2-3-8-17-14/h4-6,11,14H,2-3,7-10H2,1H3/t14-/m1/s1. The molecule has 0 radical (unpaired) electrons. The lowest BCUT2D eigenvalue weighted by atomic mass is 10.2. The summed E-state index contributed by atoms with van der Waals surface area (Å²) < 4.78 is 21.8. The average Bonchev–Trinajstić information content (AvgIpc) is 2.45. The molecule has 1 aromatic carbocycles. The molecule has 4 nitrogen and oxygen atoms in total. The summed E-state index contributed by atoms with van der Waals surface area (Å²) in [6.07, 6.45) is 3.26. The Labute approximate surface area is 108 Å². The minimum atomic E-state index is -0.0485. The van der Waals surface area contributed by atoms with E-state index in [1.54, 1.807) is 7.11 Å². The van der Waals surface area contributed by atoms with E-state index in [1.807, 2.05) is 24.3 Å². The summed E-state index contributed by atoms with van der Waals surface area (Å²) in [6, 6.07) is 7.55. The molecule has 0 amide bonds. The van der Waals surface area contributed by atoms with Crippen LogP contribution in [0.2, 0.25) is 0 Å². The third kappa shape index (κ3) is 4.20. The van der Waals surface area contributed by atoms with E-state index in [1.165, 1.54) is 6.42 Å². The summed E-state index contributed by atoms with van der Waals surface area (Å²) in [5, 5.41) is 0. The van der Waals surface area contributed by atoms with Gasteiger partial charge in [-0.1, -0.05) is 6.07 Å². The van der Waals surface area contributed by atoms with Gasteiger partial charge in [-0.15, -0.1) is 0 Å². The molecule has 1 heterocycles. The van der Waals surface area contributed by atoms with Crippen molar-refractivity contribution in [2.75, 3.05) is 26.9 Å². The molecule has 0 bridgehead atoms. The van der Waals surface area contributed by atoms with Crippen LogP contribution in [0.4, 0.5) is 0 Å². The number of hydrogen-bond acceptors (Lipinski definition) is 4. The van der Waals surface area contributed by atoms with Crippen LogP contribution in [-0.4, -0.2) is 33.2 Å². The number of benzene rings is 1. The van der Waals surface area contributed by atoms with Gasteiger partial charge in [-0.05, 0) is 31.4 Å². The second-order valence-electron chi connectivity index (χ2n) is 4.19. The number of rotatable bonds is 6. The minimum Gasteiger partial charge on any atom is -0.497 e. The molecule has 0 saturated carbocycles. The predicted octanol–water partition coefficient (Wildman–Crippen LogP) is 2.62. The normalized spacial score (nSPS) is 19.5. The Bertz CT molecular complexity index is 347. The molecule has 0 N–H and O–H groups in total. The molecule has 1 saturated heterocycles. The van der Waals surface area contributed by atoms with Gasteiger partial charge in [0.1, 0.15) is 18.1 Å². The first-order valence-corrected chi connectivity index (χ1v) is 6.38. The Morgan fingerprint density at radius 1 is 1.22 bits per heavy atom. The lowest BCUT2D eigenvalue weighted by Gasteiger charge is -2.22. The molecular weight excluding hydrogens is 232 g/mol. The maximum atomic E-state index is 5.58. The van der Waals surface area contributed by atoms with Gasteiger partial charge in [-0.2, -0.15) is 0 Å². The van der Waals surface area contributed by atoms with Gasteiger partial charge in [-0.3, -0.25) is 0 Å². The maximum Gasteiger partial charge on any atom is 0.157 e. The highest BCUT2D eigenvalue weighted by atomic mass is 16.7. The number of hydrogen-bond donors (Lipinski definition) is 0. The molecule has 18 heavy (non-hydrogen) atoms. The average molecular weight is 252 g/mol. The molecule has 1 atom stereocenters. The van der Waals surface area contributed by atoms with Crippen molar-refractivity contribution in [3.63, 3.8) is 0 Å². The molecule has 1 aliphatic heterocycles. The summed E-state index contributed by atoms with van der Waals surface area (Å²) >= 11 is 0. The van der Waals surface area contributed by atoms with Crippen LogP contribution in [0.5, 0.6) is 11.5 Å². The van der Waals surface area contributed by atoms with E-state index in [-0.39, 0.29) is 6.29 Å². The van der Waals surface area contributed by atoms with Crippen molar-refractivity contribution in [2.24, 2.45) is 0 Å². The highest BCUT2D eigenvalue weighted by Gasteiger charge is 2.13. The first kappa shape index (κ1) is 13.2. The minimum absolute atomic E-state index is 0.0485. The van der Waals surface area contributed by atoms with E-state index < -0.39 is 0 Å². The molecule has 0 spiro atoms. The SMILES string of the molecule is COc1cccc(OCCO[C@@H]2CCCCO2)c1. The van der Waals surface area contributed by atoms with E-state index in [9.17, 15) is 0 Å². The zero-order valence-corrected chi connectivity index (χ0v) is 10.8. The second-order valence-corrected chi connectivity index (χ2v) is 4.19.